The highest BCUT2D eigenvalue weighted by Gasteiger charge is 2.40. The molecule has 134 valence electrons. The van der Waals surface area contributed by atoms with Crippen molar-refractivity contribution < 1.29 is 4.79 Å². The van der Waals surface area contributed by atoms with E-state index in [-0.39, 0.29) is 17.9 Å². The molecule has 0 saturated carbocycles. The summed E-state index contributed by atoms with van der Waals surface area (Å²) in [7, 11) is 3.77. The van der Waals surface area contributed by atoms with E-state index in [0.717, 1.165) is 11.5 Å². The van der Waals surface area contributed by atoms with Crippen LogP contribution in [-0.4, -0.2) is 54.2 Å². The first-order valence-electron chi connectivity index (χ1n) is 8.45. The van der Waals surface area contributed by atoms with Crippen LogP contribution < -0.4 is 5.32 Å². The number of amides is 1. The Balaban J connectivity index is 1.54. The molecule has 3 aromatic rings. The highest BCUT2D eigenvalue weighted by atomic mass is 16.2. The molecule has 1 aromatic carbocycles. The third-order valence-corrected chi connectivity index (χ3v) is 4.81. The van der Waals surface area contributed by atoms with Crippen LogP contribution in [0.5, 0.6) is 0 Å². The van der Waals surface area contributed by atoms with Gasteiger partial charge in [0.25, 0.3) is 0 Å². The summed E-state index contributed by atoms with van der Waals surface area (Å²) in [5, 5.41) is 15.2. The summed E-state index contributed by atoms with van der Waals surface area (Å²) in [5.74, 6) is 1.63. The lowest BCUT2D eigenvalue weighted by Gasteiger charge is -2.24. The molecular formula is C17H20N8O. The van der Waals surface area contributed by atoms with Crippen molar-refractivity contribution >= 4 is 11.9 Å². The van der Waals surface area contributed by atoms with E-state index >= 15 is 0 Å². The SMILES string of the molecule is CN1C(=O)C[C@@H](CNc2nnnn2-c2ccccc2)[C@@H]1c1nccn1C. The van der Waals surface area contributed by atoms with Gasteiger partial charge in [-0.3, -0.25) is 4.79 Å². The zero-order chi connectivity index (χ0) is 18.1. The van der Waals surface area contributed by atoms with Gasteiger partial charge in [0.15, 0.2) is 0 Å². The minimum Gasteiger partial charge on any atom is -0.352 e. The number of hydrogen-bond acceptors (Lipinski definition) is 6. The van der Waals surface area contributed by atoms with Crippen LogP contribution in [0.2, 0.25) is 0 Å². The van der Waals surface area contributed by atoms with E-state index in [1.165, 1.54) is 0 Å². The van der Waals surface area contributed by atoms with Crippen molar-refractivity contribution in [2.45, 2.75) is 12.5 Å². The number of aryl methyl sites for hydroxylation is 1. The molecule has 1 aliphatic heterocycles. The summed E-state index contributed by atoms with van der Waals surface area (Å²) in [6.07, 6.45) is 4.12. The second-order valence-electron chi connectivity index (χ2n) is 6.44. The average molecular weight is 352 g/mol. The molecule has 1 fully saturated rings. The van der Waals surface area contributed by atoms with Gasteiger partial charge >= 0.3 is 0 Å². The van der Waals surface area contributed by atoms with Gasteiger partial charge in [-0.25, -0.2) is 4.98 Å². The van der Waals surface area contributed by atoms with Crippen LogP contribution in [0.15, 0.2) is 42.7 Å². The van der Waals surface area contributed by atoms with E-state index < -0.39 is 0 Å². The Hall–Kier alpha value is -3.23. The molecule has 26 heavy (non-hydrogen) atoms. The van der Waals surface area contributed by atoms with E-state index in [0.29, 0.717) is 18.9 Å². The number of carbonyl (C=O) groups excluding carboxylic acids is 1. The van der Waals surface area contributed by atoms with Crippen LogP contribution in [0.3, 0.4) is 0 Å². The van der Waals surface area contributed by atoms with Crippen LogP contribution in [0, 0.1) is 5.92 Å². The predicted molar refractivity (Wildman–Crippen MR) is 94.5 cm³/mol. The van der Waals surface area contributed by atoms with Gasteiger partial charge < -0.3 is 14.8 Å². The number of aromatic nitrogens is 6. The fraction of sp³-hybridized carbons (Fsp3) is 0.353. The number of carbonyl (C=O) groups is 1. The molecule has 1 aliphatic rings. The number of hydrogen-bond donors (Lipinski definition) is 1. The molecule has 2 atom stereocenters. The number of para-hydroxylation sites is 1. The molecule has 0 bridgehead atoms. The minimum absolute atomic E-state index is 0.0731. The highest BCUT2D eigenvalue weighted by molar-refractivity contribution is 5.79. The first-order valence-corrected chi connectivity index (χ1v) is 8.45. The van der Waals surface area contributed by atoms with E-state index in [9.17, 15) is 4.79 Å². The molecule has 0 aliphatic carbocycles. The first-order chi connectivity index (χ1) is 12.6. The molecule has 1 N–H and O–H groups in total. The lowest BCUT2D eigenvalue weighted by molar-refractivity contribution is -0.127. The first kappa shape index (κ1) is 16.2. The van der Waals surface area contributed by atoms with Crippen molar-refractivity contribution in [1.29, 1.82) is 0 Å². The van der Waals surface area contributed by atoms with Gasteiger partial charge in [-0.05, 0) is 22.6 Å². The molecule has 3 heterocycles. The molecule has 1 saturated heterocycles. The molecular weight excluding hydrogens is 332 g/mol. The molecule has 0 radical (unpaired) electrons. The van der Waals surface area contributed by atoms with Gasteiger partial charge in [-0.1, -0.05) is 23.3 Å². The van der Waals surface area contributed by atoms with Gasteiger partial charge in [-0.2, -0.15) is 4.68 Å². The number of anilines is 1. The second kappa shape index (κ2) is 6.58. The topological polar surface area (TPSA) is 93.8 Å². The summed E-state index contributed by atoms with van der Waals surface area (Å²) >= 11 is 0. The maximum absolute atomic E-state index is 12.3. The number of benzene rings is 1. The zero-order valence-electron chi connectivity index (χ0n) is 14.6. The van der Waals surface area contributed by atoms with Crippen LogP contribution in [-0.2, 0) is 11.8 Å². The van der Waals surface area contributed by atoms with Crippen molar-refractivity contribution in [3.8, 4) is 5.69 Å². The van der Waals surface area contributed by atoms with E-state index in [4.69, 9.17) is 0 Å². The molecule has 0 spiro atoms. The quantitative estimate of drug-likeness (QED) is 0.737. The number of rotatable bonds is 5. The largest absolute Gasteiger partial charge is 0.352 e. The van der Waals surface area contributed by atoms with Crippen molar-refractivity contribution in [2.75, 3.05) is 18.9 Å². The Morgan fingerprint density at radius 3 is 2.77 bits per heavy atom. The van der Waals surface area contributed by atoms with Gasteiger partial charge in [0.05, 0.1) is 11.7 Å². The monoisotopic (exact) mass is 352 g/mol. The summed E-state index contributed by atoms with van der Waals surface area (Å²) in [4.78, 5) is 18.5. The smallest absolute Gasteiger partial charge is 0.247 e. The maximum Gasteiger partial charge on any atom is 0.247 e. The Morgan fingerprint density at radius 2 is 2.04 bits per heavy atom. The van der Waals surface area contributed by atoms with E-state index in [1.54, 1.807) is 15.8 Å². The minimum atomic E-state index is -0.0731. The highest BCUT2D eigenvalue weighted by Crippen LogP contribution is 2.36. The fourth-order valence-electron chi connectivity index (χ4n) is 3.44. The fourth-order valence-corrected chi connectivity index (χ4v) is 3.44. The summed E-state index contributed by atoms with van der Waals surface area (Å²) in [5.41, 5.74) is 0.875. The molecule has 2 aromatic heterocycles. The van der Waals surface area contributed by atoms with Crippen molar-refractivity contribution in [3.63, 3.8) is 0 Å². The van der Waals surface area contributed by atoms with E-state index in [1.807, 2.05) is 55.2 Å². The Bertz CT molecular complexity index is 902. The summed E-state index contributed by atoms with van der Waals surface area (Å²) in [6.45, 7) is 0.570. The molecule has 0 unspecified atom stereocenters. The predicted octanol–water partition coefficient (Wildman–Crippen LogP) is 1.03. The maximum atomic E-state index is 12.3. The number of imidazole rings is 1. The molecule has 9 heteroatoms. The average Bonchev–Trinajstić information content (AvgIpc) is 3.35. The summed E-state index contributed by atoms with van der Waals surface area (Å²) in [6, 6.07) is 9.61. The van der Waals surface area contributed by atoms with E-state index in [2.05, 4.69) is 25.8 Å². The molecule has 9 nitrogen and oxygen atoms in total. The van der Waals surface area contributed by atoms with Gasteiger partial charge in [0.2, 0.25) is 11.9 Å². The molecule has 4 rings (SSSR count). The van der Waals surface area contributed by atoms with Crippen molar-refractivity contribution in [1.82, 2.24) is 34.7 Å². The van der Waals surface area contributed by atoms with Crippen molar-refractivity contribution in [2.24, 2.45) is 13.0 Å². The lowest BCUT2D eigenvalue weighted by atomic mass is 9.99. The number of likely N-dealkylation sites (tertiary alicyclic amines) is 1. The van der Waals surface area contributed by atoms with Gasteiger partial charge in [0, 0.05) is 45.4 Å². The number of nitrogens with one attached hydrogen (secondary N) is 1. The van der Waals surface area contributed by atoms with Gasteiger partial charge in [-0.15, -0.1) is 0 Å². The van der Waals surface area contributed by atoms with Crippen LogP contribution in [0.1, 0.15) is 18.3 Å². The summed E-state index contributed by atoms with van der Waals surface area (Å²) < 4.78 is 3.61. The second-order valence-corrected chi connectivity index (χ2v) is 6.44. The van der Waals surface area contributed by atoms with Crippen LogP contribution in [0.25, 0.3) is 5.69 Å². The zero-order valence-corrected chi connectivity index (χ0v) is 14.6. The number of nitrogens with zero attached hydrogens (tertiary/aromatic N) is 7. The third-order valence-electron chi connectivity index (χ3n) is 4.81. The standard InChI is InChI=1S/C17H20N8O/c1-23-9-8-18-16(23)15-12(10-14(26)24(15)2)11-19-17-20-21-22-25(17)13-6-4-3-5-7-13/h3-9,12,15H,10-11H2,1-2H3,(H,19,20,22)/t12-,15+/m0/s1. The Kier molecular flexibility index (Phi) is 4.11. The van der Waals surface area contributed by atoms with Crippen molar-refractivity contribution in [3.05, 3.63) is 48.5 Å². The van der Waals surface area contributed by atoms with Gasteiger partial charge in [0.1, 0.15) is 5.82 Å². The Labute approximate surface area is 150 Å². The Morgan fingerprint density at radius 1 is 1.23 bits per heavy atom. The van der Waals surface area contributed by atoms with Crippen LogP contribution in [0.4, 0.5) is 5.95 Å². The number of tetrazole rings is 1. The third kappa shape index (κ3) is 2.81. The lowest BCUT2D eigenvalue weighted by Crippen LogP contribution is -2.29. The normalized spacial score (nSPS) is 19.9. The molecule has 1 amide bonds. The van der Waals surface area contributed by atoms with Crippen LogP contribution >= 0.6 is 0 Å².